The Balaban J connectivity index is 1.38. The first-order valence-electron chi connectivity index (χ1n) is 10.3. The van der Waals surface area contributed by atoms with E-state index in [1.165, 1.54) is 37.4 Å². The molecule has 1 N–H and O–H groups in total. The van der Waals surface area contributed by atoms with Crippen molar-refractivity contribution in [2.24, 2.45) is 17.8 Å². The average molecular weight is 431 g/mol. The molecule has 2 aromatic rings. The van der Waals surface area contributed by atoms with Crippen molar-refractivity contribution in [3.8, 4) is 11.4 Å². The summed E-state index contributed by atoms with van der Waals surface area (Å²) < 4.78 is 1.98. The summed E-state index contributed by atoms with van der Waals surface area (Å²) in [4.78, 5) is 12.5. The standard InChI is InChI=1S/C22H27ClN4OS/c1-3-10-27-21(16-6-8-18(23)9-7-16)25-26-22(27)29-13-20(28)24-14(2)19-12-15-4-5-17(19)11-15/h3,6-9,14-15,17,19H,1,4-5,10-13H2,2H3,(H,24,28). The molecule has 0 spiro atoms. The van der Waals surface area contributed by atoms with E-state index in [1.54, 1.807) is 0 Å². The normalized spacial score (nSPS) is 23.9. The summed E-state index contributed by atoms with van der Waals surface area (Å²) >= 11 is 7.41. The van der Waals surface area contributed by atoms with Crippen LogP contribution in [0.3, 0.4) is 0 Å². The number of nitrogens with one attached hydrogen (secondary N) is 1. The number of carbonyl (C=O) groups excluding carboxylic acids is 1. The minimum absolute atomic E-state index is 0.0615. The molecule has 4 rings (SSSR count). The van der Waals surface area contributed by atoms with Crippen molar-refractivity contribution in [3.63, 3.8) is 0 Å². The van der Waals surface area contributed by atoms with E-state index in [-0.39, 0.29) is 11.9 Å². The fourth-order valence-corrected chi connectivity index (χ4v) is 5.83. The number of amides is 1. The summed E-state index contributed by atoms with van der Waals surface area (Å²) in [5.74, 6) is 3.49. The predicted octanol–water partition coefficient (Wildman–Crippen LogP) is 4.82. The van der Waals surface area contributed by atoms with E-state index in [9.17, 15) is 4.79 Å². The van der Waals surface area contributed by atoms with Gasteiger partial charge in [0.15, 0.2) is 11.0 Å². The number of hydrogen-bond donors (Lipinski definition) is 1. The van der Waals surface area contributed by atoms with E-state index in [0.717, 1.165) is 28.4 Å². The Kier molecular flexibility index (Phi) is 6.30. The topological polar surface area (TPSA) is 59.8 Å². The number of hydrogen-bond acceptors (Lipinski definition) is 4. The number of nitrogens with zero attached hydrogens (tertiary/aromatic N) is 3. The van der Waals surface area contributed by atoms with Gasteiger partial charge in [0.2, 0.25) is 5.91 Å². The number of halogens is 1. The molecule has 2 bridgehead atoms. The van der Waals surface area contributed by atoms with Gasteiger partial charge in [0.25, 0.3) is 0 Å². The van der Waals surface area contributed by atoms with Gasteiger partial charge in [0.1, 0.15) is 0 Å². The first kappa shape index (κ1) is 20.5. The Labute approximate surface area is 181 Å². The zero-order valence-corrected chi connectivity index (χ0v) is 18.3. The van der Waals surface area contributed by atoms with E-state index in [4.69, 9.17) is 11.6 Å². The van der Waals surface area contributed by atoms with E-state index in [1.807, 2.05) is 34.9 Å². The Morgan fingerprint density at radius 3 is 2.79 bits per heavy atom. The summed E-state index contributed by atoms with van der Waals surface area (Å²) in [5.41, 5.74) is 0.935. The summed E-state index contributed by atoms with van der Waals surface area (Å²) in [7, 11) is 0. The molecule has 29 heavy (non-hydrogen) atoms. The average Bonchev–Trinajstić information content (AvgIpc) is 3.43. The molecule has 2 aliphatic carbocycles. The van der Waals surface area contributed by atoms with Crippen molar-refractivity contribution in [2.75, 3.05) is 5.75 Å². The third-order valence-electron chi connectivity index (χ3n) is 6.29. The number of thioether (sulfide) groups is 1. The number of benzene rings is 1. The summed E-state index contributed by atoms with van der Waals surface area (Å²) in [6.45, 7) is 6.58. The van der Waals surface area contributed by atoms with Crippen molar-refractivity contribution >= 4 is 29.3 Å². The summed E-state index contributed by atoms with van der Waals surface area (Å²) in [6, 6.07) is 7.75. The van der Waals surface area contributed by atoms with Crippen molar-refractivity contribution in [1.82, 2.24) is 20.1 Å². The van der Waals surface area contributed by atoms with Gasteiger partial charge < -0.3 is 5.32 Å². The minimum atomic E-state index is 0.0615. The fourth-order valence-electron chi connectivity index (χ4n) is 4.94. The lowest BCUT2D eigenvalue weighted by atomic mass is 9.84. The monoisotopic (exact) mass is 430 g/mol. The molecule has 0 aliphatic heterocycles. The lowest BCUT2D eigenvalue weighted by molar-refractivity contribution is -0.119. The first-order valence-corrected chi connectivity index (χ1v) is 11.6. The van der Waals surface area contributed by atoms with Gasteiger partial charge in [-0.3, -0.25) is 9.36 Å². The van der Waals surface area contributed by atoms with Gasteiger partial charge in [0.05, 0.1) is 5.75 Å². The van der Waals surface area contributed by atoms with Crippen LogP contribution >= 0.6 is 23.4 Å². The molecule has 4 atom stereocenters. The van der Waals surface area contributed by atoms with Crippen LogP contribution in [0.4, 0.5) is 0 Å². The van der Waals surface area contributed by atoms with Crippen LogP contribution in [0.2, 0.25) is 5.02 Å². The van der Waals surface area contributed by atoms with E-state index in [2.05, 4.69) is 29.0 Å². The minimum Gasteiger partial charge on any atom is -0.353 e. The highest BCUT2D eigenvalue weighted by Crippen LogP contribution is 2.49. The van der Waals surface area contributed by atoms with Crippen LogP contribution < -0.4 is 5.32 Å². The van der Waals surface area contributed by atoms with Crippen LogP contribution in [0.5, 0.6) is 0 Å². The number of fused-ring (bicyclic) bond motifs is 2. The van der Waals surface area contributed by atoms with Crippen LogP contribution in [0, 0.1) is 17.8 Å². The highest BCUT2D eigenvalue weighted by Gasteiger charge is 2.42. The Morgan fingerprint density at radius 2 is 2.14 bits per heavy atom. The molecule has 1 heterocycles. The predicted molar refractivity (Wildman–Crippen MR) is 118 cm³/mol. The van der Waals surface area contributed by atoms with Crippen molar-refractivity contribution in [3.05, 3.63) is 41.9 Å². The van der Waals surface area contributed by atoms with Crippen LogP contribution in [-0.4, -0.2) is 32.5 Å². The number of aromatic nitrogens is 3. The first-order chi connectivity index (χ1) is 14.0. The quantitative estimate of drug-likeness (QED) is 0.482. The molecule has 4 unspecified atom stereocenters. The largest absolute Gasteiger partial charge is 0.353 e. The molecule has 1 amide bonds. The van der Waals surface area contributed by atoms with E-state index in [0.29, 0.717) is 23.2 Å². The van der Waals surface area contributed by atoms with Gasteiger partial charge >= 0.3 is 0 Å². The molecule has 0 saturated heterocycles. The van der Waals surface area contributed by atoms with Crippen LogP contribution in [0.25, 0.3) is 11.4 Å². The number of allylic oxidation sites excluding steroid dienone is 1. The van der Waals surface area contributed by atoms with Crippen molar-refractivity contribution in [1.29, 1.82) is 0 Å². The van der Waals surface area contributed by atoms with Gasteiger partial charge in [-0.2, -0.15) is 0 Å². The Hall–Kier alpha value is -1.79. The number of carbonyl (C=O) groups is 1. The maximum absolute atomic E-state index is 12.5. The van der Waals surface area contributed by atoms with Crippen molar-refractivity contribution in [2.45, 2.75) is 50.4 Å². The molecule has 1 aromatic carbocycles. The second kappa shape index (κ2) is 8.92. The molecule has 2 fully saturated rings. The second-order valence-corrected chi connectivity index (χ2v) is 9.57. The third kappa shape index (κ3) is 4.53. The SMILES string of the molecule is C=CCn1c(SCC(=O)NC(C)C2CC3CCC2C3)nnc1-c1ccc(Cl)cc1. The smallest absolute Gasteiger partial charge is 0.230 e. The van der Waals surface area contributed by atoms with Crippen LogP contribution in [0.1, 0.15) is 32.6 Å². The molecule has 2 aliphatic rings. The third-order valence-corrected chi connectivity index (χ3v) is 7.51. The van der Waals surface area contributed by atoms with Gasteiger partial charge in [-0.1, -0.05) is 35.9 Å². The molecule has 1 aromatic heterocycles. The lowest BCUT2D eigenvalue weighted by Gasteiger charge is -2.28. The fraction of sp³-hybridized carbons (Fsp3) is 0.500. The maximum atomic E-state index is 12.5. The molecule has 0 radical (unpaired) electrons. The molecule has 154 valence electrons. The molecule has 5 nitrogen and oxygen atoms in total. The van der Waals surface area contributed by atoms with Gasteiger partial charge in [0, 0.05) is 23.2 Å². The van der Waals surface area contributed by atoms with Gasteiger partial charge in [-0.25, -0.2) is 0 Å². The highest BCUT2D eigenvalue weighted by atomic mass is 35.5. The highest BCUT2D eigenvalue weighted by molar-refractivity contribution is 7.99. The van der Waals surface area contributed by atoms with Crippen LogP contribution in [-0.2, 0) is 11.3 Å². The van der Waals surface area contributed by atoms with Gasteiger partial charge in [-0.15, -0.1) is 16.8 Å². The zero-order valence-electron chi connectivity index (χ0n) is 16.7. The Bertz CT molecular complexity index is 881. The van der Waals surface area contributed by atoms with E-state index < -0.39 is 0 Å². The second-order valence-electron chi connectivity index (χ2n) is 8.20. The maximum Gasteiger partial charge on any atom is 0.230 e. The molecule has 7 heteroatoms. The number of rotatable bonds is 8. The summed E-state index contributed by atoms with van der Waals surface area (Å²) in [5, 5.41) is 13.3. The zero-order chi connectivity index (χ0) is 20.4. The summed E-state index contributed by atoms with van der Waals surface area (Å²) in [6.07, 6.45) is 7.16. The lowest BCUT2D eigenvalue weighted by Crippen LogP contribution is -2.40. The van der Waals surface area contributed by atoms with E-state index >= 15 is 0 Å². The molecule has 2 saturated carbocycles. The molecular weight excluding hydrogens is 404 g/mol. The van der Waals surface area contributed by atoms with Crippen LogP contribution in [0.15, 0.2) is 42.1 Å². The molecular formula is C22H27ClN4OS. The van der Waals surface area contributed by atoms with Gasteiger partial charge in [-0.05, 0) is 68.2 Å². The Morgan fingerprint density at radius 1 is 1.34 bits per heavy atom. The van der Waals surface area contributed by atoms with Crippen molar-refractivity contribution < 1.29 is 4.79 Å².